The average molecular weight is 346 g/mol. The van der Waals surface area contributed by atoms with E-state index in [4.69, 9.17) is 4.74 Å². The van der Waals surface area contributed by atoms with Crippen molar-refractivity contribution in [1.82, 2.24) is 9.55 Å². The number of carbonyl (C=O) groups is 1. The van der Waals surface area contributed by atoms with Gasteiger partial charge in [-0.1, -0.05) is 13.8 Å². The Morgan fingerprint density at radius 2 is 2.00 bits per heavy atom. The Hall–Kier alpha value is -2.03. The Morgan fingerprint density at radius 1 is 1.35 bits per heavy atom. The summed E-state index contributed by atoms with van der Waals surface area (Å²) in [5.74, 6) is -0.955. The summed E-state index contributed by atoms with van der Waals surface area (Å²) in [6, 6.07) is 0. The van der Waals surface area contributed by atoms with Crippen LogP contribution in [0.2, 0.25) is 0 Å². The van der Waals surface area contributed by atoms with E-state index in [0.717, 1.165) is 4.57 Å². The zero-order valence-electron chi connectivity index (χ0n) is 12.8. The first kappa shape index (κ1) is 17.3. The number of fused-ring (bicyclic) bond motifs is 1. The molecule has 0 atom stereocenters. The van der Waals surface area contributed by atoms with Gasteiger partial charge in [0, 0.05) is 6.54 Å². The SMILES string of the molecule is CCOC(=O)c1sc2[nH]c(=O)n(CC(C)C)c(=O)c2c1C(F)F. The van der Waals surface area contributed by atoms with Crippen molar-refractivity contribution in [2.75, 3.05) is 6.61 Å². The van der Waals surface area contributed by atoms with Gasteiger partial charge in [0.15, 0.2) is 0 Å². The second kappa shape index (κ2) is 6.61. The summed E-state index contributed by atoms with van der Waals surface area (Å²) < 4.78 is 32.5. The predicted octanol–water partition coefficient (Wildman–Crippen LogP) is 2.52. The number of H-pyrrole nitrogens is 1. The van der Waals surface area contributed by atoms with Crippen molar-refractivity contribution in [3.8, 4) is 0 Å². The molecule has 0 saturated carbocycles. The van der Waals surface area contributed by atoms with E-state index in [0.29, 0.717) is 11.3 Å². The van der Waals surface area contributed by atoms with Gasteiger partial charge in [0.1, 0.15) is 9.71 Å². The van der Waals surface area contributed by atoms with Crippen molar-refractivity contribution in [2.45, 2.75) is 33.7 Å². The van der Waals surface area contributed by atoms with Crippen molar-refractivity contribution in [1.29, 1.82) is 0 Å². The molecule has 0 aromatic carbocycles. The number of aromatic amines is 1. The van der Waals surface area contributed by atoms with E-state index in [2.05, 4.69) is 4.98 Å². The molecular formula is C14H16F2N2O4S. The largest absolute Gasteiger partial charge is 0.462 e. The third-order valence-electron chi connectivity index (χ3n) is 3.10. The van der Waals surface area contributed by atoms with Crippen LogP contribution in [0.1, 0.15) is 42.4 Å². The highest BCUT2D eigenvalue weighted by molar-refractivity contribution is 7.20. The molecule has 9 heteroatoms. The first-order valence-electron chi connectivity index (χ1n) is 7.02. The Bertz CT molecular complexity index is 851. The number of rotatable bonds is 5. The zero-order chi connectivity index (χ0) is 17.3. The van der Waals surface area contributed by atoms with Gasteiger partial charge >= 0.3 is 11.7 Å². The third kappa shape index (κ3) is 3.19. The van der Waals surface area contributed by atoms with Gasteiger partial charge in [-0.2, -0.15) is 0 Å². The lowest BCUT2D eigenvalue weighted by Crippen LogP contribution is -2.36. The van der Waals surface area contributed by atoms with Gasteiger partial charge in [-0.15, -0.1) is 11.3 Å². The molecule has 126 valence electrons. The van der Waals surface area contributed by atoms with Crippen LogP contribution in [0.25, 0.3) is 10.2 Å². The number of nitrogens with zero attached hydrogens (tertiary/aromatic N) is 1. The number of aromatic nitrogens is 2. The van der Waals surface area contributed by atoms with Gasteiger partial charge < -0.3 is 4.74 Å². The van der Waals surface area contributed by atoms with Crippen LogP contribution in [0, 0.1) is 5.92 Å². The molecule has 2 aromatic rings. The van der Waals surface area contributed by atoms with Crippen LogP contribution in [-0.2, 0) is 11.3 Å². The smallest absolute Gasteiger partial charge is 0.348 e. The van der Waals surface area contributed by atoms with Gasteiger partial charge in [0.05, 0.1) is 17.6 Å². The van der Waals surface area contributed by atoms with Gasteiger partial charge in [-0.05, 0) is 12.8 Å². The quantitative estimate of drug-likeness (QED) is 0.844. The molecule has 0 unspecified atom stereocenters. The lowest BCUT2D eigenvalue weighted by molar-refractivity contribution is 0.0522. The number of carbonyl (C=O) groups excluding carboxylic acids is 1. The highest BCUT2D eigenvalue weighted by atomic mass is 32.1. The number of alkyl halides is 2. The van der Waals surface area contributed by atoms with Crippen LogP contribution in [-0.4, -0.2) is 22.1 Å². The van der Waals surface area contributed by atoms with Crippen molar-refractivity contribution in [3.63, 3.8) is 0 Å². The molecule has 0 aliphatic heterocycles. The summed E-state index contributed by atoms with van der Waals surface area (Å²) in [6.45, 7) is 5.25. The first-order valence-corrected chi connectivity index (χ1v) is 7.84. The van der Waals surface area contributed by atoms with Gasteiger partial charge in [-0.3, -0.25) is 14.3 Å². The molecule has 0 radical (unpaired) electrons. The molecule has 0 aliphatic carbocycles. The second-order valence-electron chi connectivity index (χ2n) is 5.31. The summed E-state index contributed by atoms with van der Waals surface area (Å²) in [5, 5.41) is -0.326. The van der Waals surface area contributed by atoms with Crippen LogP contribution < -0.4 is 11.2 Å². The molecule has 23 heavy (non-hydrogen) atoms. The van der Waals surface area contributed by atoms with Gasteiger partial charge in [0.25, 0.3) is 12.0 Å². The fraction of sp³-hybridized carbons (Fsp3) is 0.500. The van der Waals surface area contributed by atoms with E-state index in [1.165, 1.54) is 0 Å². The second-order valence-corrected chi connectivity index (χ2v) is 6.33. The summed E-state index contributed by atoms with van der Waals surface area (Å²) in [4.78, 5) is 38.3. The van der Waals surface area contributed by atoms with Crippen molar-refractivity contribution >= 4 is 27.5 Å². The van der Waals surface area contributed by atoms with Crippen LogP contribution >= 0.6 is 11.3 Å². The van der Waals surface area contributed by atoms with E-state index in [1.54, 1.807) is 20.8 Å². The molecule has 0 bridgehead atoms. The number of hydrogen-bond donors (Lipinski definition) is 1. The lowest BCUT2D eigenvalue weighted by atomic mass is 10.2. The zero-order valence-corrected chi connectivity index (χ0v) is 13.6. The maximum atomic E-state index is 13.4. The standard InChI is InChI=1S/C14H16F2N2O4S/c1-4-22-13(20)9-7(10(15)16)8-11(23-9)17-14(21)18(12(8)19)5-6(2)3/h6,10H,4-5H2,1-3H3,(H,17,21). The monoisotopic (exact) mass is 346 g/mol. The third-order valence-corrected chi connectivity index (χ3v) is 4.20. The van der Waals surface area contributed by atoms with Crippen molar-refractivity contribution in [2.24, 2.45) is 5.92 Å². The molecule has 2 rings (SSSR count). The van der Waals surface area contributed by atoms with E-state index < -0.39 is 29.2 Å². The number of thiophene rings is 1. The highest BCUT2D eigenvalue weighted by Crippen LogP contribution is 2.35. The van der Waals surface area contributed by atoms with Crippen LogP contribution in [0.4, 0.5) is 8.78 Å². The molecule has 0 spiro atoms. The van der Waals surface area contributed by atoms with E-state index in [9.17, 15) is 23.2 Å². The first-order chi connectivity index (χ1) is 10.8. The minimum absolute atomic E-state index is 0.0177. The fourth-order valence-electron chi connectivity index (χ4n) is 2.22. The molecule has 2 aromatic heterocycles. The summed E-state index contributed by atoms with van der Waals surface area (Å²) >= 11 is 0.633. The molecule has 0 saturated heterocycles. The average Bonchev–Trinajstić information content (AvgIpc) is 2.83. The summed E-state index contributed by atoms with van der Waals surface area (Å²) in [7, 11) is 0. The minimum atomic E-state index is -3.03. The number of ether oxygens (including phenoxy) is 1. The van der Waals surface area contributed by atoms with Gasteiger partial charge in [-0.25, -0.2) is 18.4 Å². The van der Waals surface area contributed by atoms with Crippen LogP contribution in [0.3, 0.4) is 0 Å². The van der Waals surface area contributed by atoms with Crippen LogP contribution in [0.5, 0.6) is 0 Å². The Kier molecular flexibility index (Phi) is 4.98. The maximum Gasteiger partial charge on any atom is 0.348 e. The minimum Gasteiger partial charge on any atom is -0.462 e. The van der Waals surface area contributed by atoms with Gasteiger partial charge in [0.2, 0.25) is 0 Å². The van der Waals surface area contributed by atoms with E-state index >= 15 is 0 Å². The topological polar surface area (TPSA) is 81.2 Å². The Morgan fingerprint density at radius 3 is 2.52 bits per heavy atom. The molecule has 0 fully saturated rings. The Labute approximate surface area is 133 Å². The molecular weight excluding hydrogens is 330 g/mol. The predicted molar refractivity (Wildman–Crippen MR) is 82.5 cm³/mol. The summed E-state index contributed by atoms with van der Waals surface area (Å²) in [6.07, 6.45) is -3.03. The molecule has 2 heterocycles. The highest BCUT2D eigenvalue weighted by Gasteiger charge is 2.29. The van der Waals surface area contributed by atoms with E-state index in [-0.39, 0.29) is 34.2 Å². The number of esters is 1. The molecule has 0 aliphatic rings. The maximum absolute atomic E-state index is 13.4. The number of halogens is 2. The summed E-state index contributed by atoms with van der Waals surface area (Å²) in [5.41, 5.74) is -2.18. The van der Waals surface area contributed by atoms with Crippen molar-refractivity contribution < 1.29 is 18.3 Å². The lowest BCUT2D eigenvalue weighted by Gasteiger charge is -2.08. The van der Waals surface area contributed by atoms with E-state index in [1.807, 2.05) is 0 Å². The van der Waals surface area contributed by atoms with Crippen molar-refractivity contribution in [3.05, 3.63) is 31.3 Å². The normalized spacial score (nSPS) is 11.6. The molecule has 1 N–H and O–H groups in total. The molecule has 0 amide bonds. The molecule has 6 nitrogen and oxygen atoms in total. The Balaban J connectivity index is 2.82. The fourth-order valence-corrected chi connectivity index (χ4v) is 3.31. The van der Waals surface area contributed by atoms with Crippen LogP contribution in [0.15, 0.2) is 9.59 Å². The number of nitrogens with one attached hydrogen (secondary N) is 1. The number of hydrogen-bond acceptors (Lipinski definition) is 5.